The van der Waals surface area contributed by atoms with Gasteiger partial charge in [0.15, 0.2) is 0 Å². The summed E-state index contributed by atoms with van der Waals surface area (Å²) >= 11 is 0. The molecular weight excluding hydrogens is 190 g/mol. The van der Waals surface area contributed by atoms with Crippen molar-refractivity contribution in [1.82, 2.24) is 5.32 Å². The fourth-order valence-corrected chi connectivity index (χ4v) is 2.13. The van der Waals surface area contributed by atoms with Gasteiger partial charge in [-0.25, -0.2) is 0 Å². The number of hydrogen-bond acceptors (Lipinski definition) is 3. The molecule has 3 unspecified atom stereocenters. The molecule has 1 saturated heterocycles. The van der Waals surface area contributed by atoms with Crippen LogP contribution in [0.25, 0.3) is 0 Å². The molecule has 3 heteroatoms. The van der Waals surface area contributed by atoms with Gasteiger partial charge in [-0.2, -0.15) is 0 Å². The Morgan fingerprint density at radius 3 is 3.07 bits per heavy atom. The fourth-order valence-electron chi connectivity index (χ4n) is 2.13. The normalized spacial score (nSPS) is 32.5. The molecule has 1 aromatic heterocycles. The predicted octanol–water partition coefficient (Wildman–Crippen LogP) is 2.50. The van der Waals surface area contributed by atoms with Crippen molar-refractivity contribution in [3.05, 3.63) is 24.2 Å². The van der Waals surface area contributed by atoms with E-state index in [2.05, 4.69) is 19.2 Å². The van der Waals surface area contributed by atoms with Gasteiger partial charge in [-0.3, -0.25) is 0 Å². The van der Waals surface area contributed by atoms with Gasteiger partial charge in [0.1, 0.15) is 11.9 Å². The van der Waals surface area contributed by atoms with Crippen LogP contribution in [0.15, 0.2) is 22.8 Å². The maximum atomic E-state index is 5.84. The molecule has 1 aromatic rings. The highest BCUT2D eigenvalue weighted by atomic mass is 16.5. The van der Waals surface area contributed by atoms with Crippen LogP contribution < -0.4 is 5.32 Å². The van der Waals surface area contributed by atoms with E-state index in [9.17, 15) is 0 Å². The van der Waals surface area contributed by atoms with Crippen molar-refractivity contribution in [2.45, 2.75) is 44.9 Å². The third-order valence-electron chi connectivity index (χ3n) is 3.03. The lowest BCUT2D eigenvalue weighted by Crippen LogP contribution is -2.37. The van der Waals surface area contributed by atoms with Gasteiger partial charge in [-0.05, 0) is 31.9 Å². The van der Waals surface area contributed by atoms with E-state index in [0.29, 0.717) is 12.1 Å². The van der Waals surface area contributed by atoms with Gasteiger partial charge in [0.2, 0.25) is 0 Å². The highest BCUT2D eigenvalue weighted by Crippen LogP contribution is 2.25. The number of ether oxygens (including phenoxy) is 1. The Morgan fingerprint density at radius 2 is 2.40 bits per heavy atom. The molecule has 0 amide bonds. The van der Waals surface area contributed by atoms with Crippen LogP contribution >= 0.6 is 0 Å². The summed E-state index contributed by atoms with van der Waals surface area (Å²) in [5, 5.41) is 3.58. The van der Waals surface area contributed by atoms with Crippen LogP contribution in [-0.4, -0.2) is 18.7 Å². The Kier molecular flexibility index (Phi) is 3.44. The summed E-state index contributed by atoms with van der Waals surface area (Å²) < 4.78 is 11.2. The molecule has 1 aliphatic heterocycles. The molecule has 0 aliphatic carbocycles. The smallest absolute Gasteiger partial charge is 0.134 e. The third kappa shape index (κ3) is 2.41. The molecule has 15 heavy (non-hydrogen) atoms. The van der Waals surface area contributed by atoms with Crippen molar-refractivity contribution < 1.29 is 9.15 Å². The Bertz CT molecular complexity index is 284. The highest BCUT2D eigenvalue weighted by molar-refractivity contribution is 5.05. The van der Waals surface area contributed by atoms with Crippen LogP contribution in [0.5, 0.6) is 0 Å². The van der Waals surface area contributed by atoms with Crippen LogP contribution in [0.1, 0.15) is 38.6 Å². The maximum Gasteiger partial charge on any atom is 0.134 e. The number of nitrogens with one attached hydrogen (secondary N) is 1. The van der Waals surface area contributed by atoms with Gasteiger partial charge in [0.25, 0.3) is 0 Å². The quantitative estimate of drug-likeness (QED) is 0.812. The Morgan fingerprint density at radius 1 is 1.53 bits per heavy atom. The van der Waals surface area contributed by atoms with E-state index >= 15 is 0 Å². The minimum absolute atomic E-state index is 0.0524. The first-order chi connectivity index (χ1) is 7.31. The lowest BCUT2D eigenvalue weighted by atomic mass is 10.1. The van der Waals surface area contributed by atoms with Gasteiger partial charge in [-0.1, -0.05) is 6.92 Å². The first kappa shape index (κ1) is 10.7. The van der Waals surface area contributed by atoms with Crippen LogP contribution in [-0.2, 0) is 4.74 Å². The molecule has 2 rings (SSSR count). The highest BCUT2D eigenvalue weighted by Gasteiger charge is 2.27. The molecule has 0 aromatic carbocycles. The molecule has 1 aliphatic rings. The largest absolute Gasteiger partial charge is 0.467 e. The van der Waals surface area contributed by atoms with Crippen LogP contribution in [0.4, 0.5) is 0 Å². The first-order valence-electron chi connectivity index (χ1n) is 5.72. The van der Waals surface area contributed by atoms with E-state index in [-0.39, 0.29) is 6.10 Å². The van der Waals surface area contributed by atoms with Crippen LogP contribution in [0.3, 0.4) is 0 Å². The first-order valence-corrected chi connectivity index (χ1v) is 5.72. The lowest BCUT2D eigenvalue weighted by Gasteiger charge is -2.22. The second-order valence-corrected chi connectivity index (χ2v) is 4.16. The summed E-state index contributed by atoms with van der Waals surface area (Å²) in [6.45, 7) is 5.17. The van der Waals surface area contributed by atoms with Crippen molar-refractivity contribution in [3.63, 3.8) is 0 Å². The van der Waals surface area contributed by atoms with Crippen molar-refractivity contribution >= 4 is 0 Å². The average molecular weight is 209 g/mol. The zero-order valence-corrected chi connectivity index (χ0v) is 9.40. The van der Waals surface area contributed by atoms with Gasteiger partial charge in [0.05, 0.1) is 6.26 Å². The lowest BCUT2D eigenvalue weighted by molar-refractivity contribution is 0.0309. The summed E-state index contributed by atoms with van der Waals surface area (Å²) in [5.41, 5.74) is 0. The maximum absolute atomic E-state index is 5.84. The van der Waals surface area contributed by atoms with Crippen molar-refractivity contribution in [3.8, 4) is 0 Å². The van der Waals surface area contributed by atoms with Crippen LogP contribution in [0.2, 0.25) is 0 Å². The second-order valence-electron chi connectivity index (χ2n) is 4.16. The average Bonchev–Trinajstić information content (AvgIpc) is 2.69. The molecule has 0 bridgehead atoms. The predicted molar refractivity (Wildman–Crippen MR) is 58.7 cm³/mol. The molecule has 0 radical (unpaired) electrons. The zero-order chi connectivity index (χ0) is 10.7. The van der Waals surface area contributed by atoms with E-state index in [4.69, 9.17) is 9.15 Å². The molecule has 1 N–H and O–H groups in total. The second kappa shape index (κ2) is 4.81. The summed E-state index contributed by atoms with van der Waals surface area (Å²) in [7, 11) is 0. The summed E-state index contributed by atoms with van der Waals surface area (Å²) in [5.74, 6) is 0.923. The standard InChI is InChI=1S/C12H19NO2/c1-3-10-6-8-15-12(9(2)13-10)11-5-4-7-14-11/h4-5,7,9-10,12-13H,3,6,8H2,1-2H3. The minimum Gasteiger partial charge on any atom is -0.467 e. The monoisotopic (exact) mass is 209 g/mol. The van der Waals surface area contributed by atoms with Gasteiger partial charge in [0, 0.05) is 18.7 Å². The Hall–Kier alpha value is -0.800. The minimum atomic E-state index is 0.0524. The third-order valence-corrected chi connectivity index (χ3v) is 3.03. The fraction of sp³-hybridized carbons (Fsp3) is 0.667. The van der Waals surface area contributed by atoms with E-state index in [1.165, 1.54) is 0 Å². The molecule has 1 fully saturated rings. The van der Waals surface area contributed by atoms with E-state index < -0.39 is 0 Å². The summed E-state index contributed by atoms with van der Waals surface area (Å²) in [6.07, 6.45) is 3.99. The Labute approximate surface area is 90.8 Å². The molecule has 0 saturated carbocycles. The molecule has 3 atom stereocenters. The summed E-state index contributed by atoms with van der Waals surface area (Å²) in [4.78, 5) is 0. The molecule has 0 spiro atoms. The van der Waals surface area contributed by atoms with Gasteiger partial charge < -0.3 is 14.5 Å². The van der Waals surface area contributed by atoms with E-state index in [1.54, 1.807) is 6.26 Å². The topological polar surface area (TPSA) is 34.4 Å². The molecule has 2 heterocycles. The molecule has 84 valence electrons. The number of hydrogen-bond donors (Lipinski definition) is 1. The van der Waals surface area contributed by atoms with Crippen molar-refractivity contribution in [2.75, 3.05) is 6.61 Å². The van der Waals surface area contributed by atoms with Crippen molar-refractivity contribution in [1.29, 1.82) is 0 Å². The Balaban J connectivity index is 2.07. The molecule has 3 nitrogen and oxygen atoms in total. The van der Waals surface area contributed by atoms with E-state index in [1.807, 2.05) is 12.1 Å². The van der Waals surface area contributed by atoms with Gasteiger partial charge >= 0.3 is 0 Å². The zero-order valence-electron chi connectivity index (χ0n) is 9.40. The SMILES string of the molecule is CCC1CCOC(c2ccco2)C(C)N1. The summed E-state index contributed by atoms with van der Waals surface area (Å²) in [6, 6.07) is 4.77. The van der Waals surface area contributed by atoms with E-state index in [0.717, 1.165) is 25.2 Å². The number of furan rings is 1. The number of rotatable bonds is 2. The van der Waals surface area contributed by atoms with Crippen molar-refractivity contribution in [2.24, 2.45) is 0 Å². The van der Waals surface area contributed by atoms with Crippen LogP contribution in [0, 0.1) is 0 Å². The molecular formula is C12H19NO2. The van der Waals surface area contributed by atoms with Gasteiger partial charge in [-0.15, -0.1) is 0 Å².